The van der Waals surface area contributed by atoms with Gasteiger partial charge >= 0.3 is 0 Å². The second kappa shape index (κ2) is 4.62. The first-order chi connectivity index (χ1) is 6.82. The predicted octanol–water partition coefficient (Wildman–Crippen LogP) is 2.07. The molecule has 3 nitrogen and oxygen atoms in total. The molecule has 0 N–H and O–H groups in total. The summed E-state index contributed by atoms with van der Waals surface area (Å²) in [5, 5.41) is 10.6. The highest BCUT2D eigenvalue weighted by Gasteiger charge is 2.46. The second-order valence-corrected chi connectivity index (χ2v) is 16.6. The molecule has 0 amide bonds. The minimum Gasteiger partial charge on any atom is -0.550 e. The first kappa shape index (κ1) is 15.9. The quantitative estimate of drug-likeness (QED) is 0.712. The number of rotatable bonds is 5. The van der Waals surface area contributed by atoms with Crippen LogP contribution in [0.1, 0.15) is 13.8 Å². The first-order valence-electron chi connectivity index (χ1n) is 5.71. The summed E-state index contributed by atoms with van der Waals surface area (Å²) in [4.78, 5) is 11.5. The van der Waals surface area contributed by atoms with Crippen molar-refractivity contribution >= 4 is 22.4 Å². The number of carbonyl (C=O) groups excluding carboxylic acids is 1. The SMILES string of the molecule is CC(O[Si](C)(C)C)C(C)(C(=O)[O-])[Si](C)(C)C. The molecule has 0 spiro atoms. The third-order valence-electron chi connectivity index (χ3n) is 3.33. The molecule has 2 atom stereocenters. The Balaban J connectivity index is 5.17. The maximum Gasteiger partial charge on any atom is 0.184 e. The van der Waals surface area contributed by atoms with E-state index < -0.39 is 27.4 Å². The highest BCUT2D eigenvalue weighted by Crippen LogP contribution is 2.42. The lowest BCUT2D eigenvalue weighted by atomic mass is 10.1. The van der Waals surface area contributed by atoms with Gasteiger partial charge in [0.2, 0.25) is 0 Å². The molecule has 0 aromatic heterocycles. The molecule has 0 saturated carbocycles. The van der Waals surface area contributed by atoms with Gasteiger partial charge in [0.1, 0.15) is 0 Å². The van der Waals surface area contributed by atoms with E-state index in [2.05, 4.69) is 19.6 Å². The summed E-state index contributed by atoms with van der Waals surface area (Å²) in [5.74, 6) is -0.975. The zero-order chi connectivity index (χ0) is 13.4. The summed E-state index contributed by atoms with van der Waals surface area (Å²) in [6.07, 6.45) is -0.282. The number of hydrogen-bond acceptors (Lipinski definition) is 3. The van der Waals surface area contributed by atoms with Crippen molar-refractivity contribution in [2.24, 2.45) is 0 Å². The summed E-state index contributed by atoms with van der Waals surface area (Å²) in [7, 11) is -3.63. The average Bonchev–Trinajstić information content (AvgIpc) is 1.96. The van der Waals surface area contributed by atoms with Crippen LogP contribution in [-0.4, -0.2) is 28.5 Å². The van der Waals surface area contributed by atoms with Crippen LogP contribution in [0.3, 0.4) is 0 Å². The summed E-state index contributed by atoms with van der Waals surface area (Å²) >= 11 is 0. The van der Waals surface area contributed by atoms with Crippen LogP contribution in [0.5, 0.6) is 0 Å². The lowest BCUT2D eigenvalue weighted by Crippen LogP contribution is -2.57. The molecule has 0 fully saturated rings. The highest BCUT2D eigenvalue weighted by atomic mass is 28.4. The van der Waals surface area contributed by atoms with Crippen molar-refractivity contribution in [1.29, 1.82) is 0 Å². The van der Waals surface area contributed by atoms with Gasteiger partial charge in [-0.1, -0.05) is 26.6 Å². The van der Waals surface area contributed by atoms with Crippen LogP contribution in [0.2, 0.25) is 44.3 Å². The van der Waals surface area contributed by atoms with Gasteiger partial charge in [-0.2, -0.15) is 0 Å². The Kier molecular flexibility index (Phi) is 4.58. The fourth-order valence-corrected chi connectivity index (χ4v) is 5.04. The molecule has 0 bridgehead atoms. The molecule has 96 valence electrons. The number of carbonyl (C=O) groups is 1. The van der Waals surface area contributed by atoms with Crippen molar-refractivity contribution in [3.8, 4) is 0 Å². The maximum absolute atomic E-state index is 11.5. The Morgan fingerprint density at radius 1 is 1.19 bits per heavy atom. The van der Waals surface area contributed by atoms with Crippen molar-refractivity contribution in [3.63, 3.8) is 0 Å². The van der Waals surface area contributed by atoms with E-state index in [1.807, 2.05) is 26.6 Å². The van der Waals surface area contributed by atoms with Gasteiger partial charge in [-0.3, -0.25) is 0 Å². The van der Waals surface area contributed by atoms with Crippen LogP contribution in [-0.2, 0) is 9.22 Å². The molecule has 0 aromatic carbocycles. The van der Waals surface area contributed by atoms with Crippen molar-refractivity contribution in [1.82, 2.24) is 0 Å². The molecular formula is C11H25O3Si2-. The standard InChI is InChI=1S/C11H26O3Si2/c1-9(14-16(6,7)8)11(2,10(12)13)15(3,4)5/h9H,1-8H3,(H,12,13)/p-1. The number of carboxylic acids is 1. The van der Waals surface area contributed by atoms with Crippen LogP contribution in [0.15, 0.2) is 0 Å². The molecular weight excluding hydrogens is 236 g/mol. The van der Waals surface area contributed by atoms with E-state index in [0.29, 0.717) is 0 Å². The van der Waals surface area contributed by atoms with E-state index in [1.165, 1.54) is 0 Å². The number of carboxylic acid groups (broad SMARTS) is 1. The minimum absolute atomic E-state index is 0.282. The summed E-state index contributed by atoms with van der Waals surface area (Å²) in [5.41, 5.74) is 0. The van der Waals surface area contributed by atoms with Gasteiger partial charge in [-0.05, 0) is 26.6 Å². The second-order valence-electron chi connectivity index (χ2n) is 6.61. The Morgan fingerprint density at radius 2 is 1.56 bits per heavy atom. The zero-order valence-corrected chi connectivity index (χ0v) is 13.8. The third-order valence-corrected chi connectivity index (χ3v) is 8.11. The van der Waals surface area contributed by atoms with Gasteiger partial charge in [0.05, 0.1) is 14.2 Å². The van der Waals surface area contributed by atoms with Gasteiger partial charge in [0.15, 0.2) is 8.32 Å². The highest BCUT2D eigenvalue weighted by molar-refractivity contribution is 6.82. The number of hydrogen-bond donors (Lipinski definition) is 0. The van der Waals surface area contributed by atoms with Gasteiger partial charge in [0, 0.05) is 11.0 Å². The molecule has 0 aliphatic carbocycles. The van der Waals surface area contributed by atoms with Crippen LogP contribution in [0, 0.1) is 0 Å². The molecule has 0 aliphatic rings. The lowest BCUT2D eigenvalue weighted by Gasteiger charge is -2.47. The topological polar surface area (TPSA) is 49.4 Å². The largest absolute Gasteiger partial charge is 0.550 e. The molecule has 0 radical (unpaired) electrons. The summed E-state index contributed by atoms with van der Waals surface area (Å²) < 4.78 is 5.94. The Hall–Kier alpha value is -0.136. The van der Waals surface area contributed by atoms with Crippen LogP contribution in [0.25, 0.3) is 0 Å². The molecule has 2 unspecified atom stereocenters. The summed E-state index contributed by atoms with van der Waals surface area (Å²) in [6, 6.07) is 0. The molecule has 0 heterocycles. The van der Waals surface area contributed by atoms with E-state index in [-0.39, 0.29) is 6.10 Å². The normalized spacial score (nSPS) is 19.0. The van der Waals surface area contributed by atoms with Gasteiger partial charge in [-0.15, -0.1) is 0 Å². The monoisotopic (exact) mass is 261 g/mol. The Labute approximate surface area is 101 Å². The van der Waals surface area contributed by atoms with Gasteiger partial charge < -0.3 is 14.3 Å². The smallest absolute Gasteiger partial charge is 0.184 e. The average molecular weight is 261 g/mol. The fourth-order valence-electron chi connectivity index (χ4n) is 1.73. The van der Waals surface area contributed by atoms with E-state index in [1.54, 1.807) is 6.92 Å². The summed E-state index contributed by atoms with van der Waals surface area (Å²) in [6.45, 7) is 16.0. The van der Waals surface area contributed by atoms with Gasteiger partial charge in [-0.25, -0.2) is 0 Å². The van der Waals surface area contributed by atoms with Gasteiger partial charge in [0.25, 0.3) is 0 Å². The van der Waals surface area contributed by atoms with Crippen molar-refractivity contribution < 1.29 is 14.3 Å². The molecule has 0 saturated heterocycles. The molecule has 0 aliphatic heterocycles. The van der Waals surface area contributed by atoms with E-state index in [9.17, 15) is 9.90 Å². The van der Waals surface area contributed by atoms with E-state index in [0.717, 1.165) is 0 Å². The number of aliphatic carboxylic acids is 1. The van der Waals surface area contributed by atoms with Crippen LogP contribution < -0.4 is 5.11 Å². The zero-order valence-electron chi connectivity index (χ0n) is 11.8. The Bertz CT molecular complexity index is 265. The molecule has 5 heteroatoms. The Morgan fingerprint density at radius 3 is 1.75 bits per heavy atom. The fraction of sp³-hybridized carbons (Fsp3) is 0.909. The van der Waals surface area contributed by atoms with E-state index in [4.69, 9.17) is 4.43 Å². The minimum atomic E-state index is -1.90. The molecule has 0 rings (SSSR count). The van der Waals surface area contributed by atoms with Crippen molar-refractivity contribution in [2.75, 3.05) is 0 Å². The first-order valence-corrected chi connectivity index (χ1v) is 12.6. The van der Waals surface area contributed by atoms with Crippen LogP contribution in [0.4, 0.5) is 0 Å². The van der Waals surface area contributed by atoms with Crippen LogP contribution >= 0.6 is 0 Å². The molecule has 16 heavy (non-hydrogen) atoms. The lowest BCUT2D eigenvalue weighted by molar-refractivity contribution is -0.312. The van der Waals surface area contributed by atoms with Crippen molar-refractivity contribution in [3.05, 3.63) is 0 Å². The maximum atomic E-state index is 11.5. The van der Waals surface area contributed by atoms with Crippen molar-refractivity contribution in [2.45, 2.75) is 64.3 Å². The molecule has 0 aromatic rings. The third kappa shape index (κ3) is 3.43. The van der Waals surface area contributed by atoms with E-state index >= 15 is 0 Å². The predicted molar refractivity (Wildman–Crippen MR) is 70.6 cm³/mol.